The second kappa shape index (κ2) is 11.8. The lowest BCUT2D eigenvalue weighted by Gasteiger charge is -2.28. The van der Waals surface area contributed by atoms with Crippen LogP contribution >= 0.6 is 8.25 Å². The third kappa shape index (κ3) is 9.59. The molecule has 1 rings (SSSR count). The number of ketones is 1. The first-order valence-corrected chi connectivity index (χ1v) is 11.6. The van der Waals surface area contributed by atoms with Gasteiger partial charge in [-0.05, 0) is 34.6 Å². The Labute approximate surface area is 188 Å². The van der Waals surface area contributed by atoms with E-state index in [1.165, 1.54) is 18.9 Å². The summed E-state index contributed by atoms with van der Waals surface area (Å²) in [6.07, 6.45) is 5.08. The van der Waals surface area contributed by atoms with Gasteiger partial charge in [-0.25, -0.2) is 0 Å². The summed E-state index contributed by atoms with van der Waals surface area (Å²) >= 11 is 0. The normalized spacial score (nSPS) is 14.5. The fourth-order valence-electron chi connectivity index (χ4n) is 2.50. The first-order chi connectivity index (χ1) is 14.0. The summed E-state index contributed by atoms with van der Waals surface area (Å²) < 4.78 is 34.6. The number of rotatable bonds is 7. The number of carbonyl (C=O) groups is 1. The highest BCUT2D eigenvalue weighted by molar-refractivity contribution is 7.32. The Kier molecular flexibility index (Phi) is 11.2. The Morgan fingerprint density at radius 3 is 1.94 bits per heavy atom. The lowest BCUT2D eigenvalue weighted by atomic mass is 9.79. The molecular weight excluding hydrogens is 418 g/mol. The maximum atomic E-state index is 14.2. The Morgan fingerprint density at radius 2 is 1.58 bits per heavy atom. The summed E-state index contributed by atoms with van der Waals surface area (Å²) in [7, 11) is -1.70. The van der Waals surface area contributed by atoms with Gasteiger partial charge in [0.25, 0.3) is 0 Å². The summed E-state index contributed by atoms with van der Waals surface area (Å²) in [6, 6.07) is 3.97. The highest BCUT2D eigenvalue weighted by Gasteiger charge is 2.42. The van der Waals surface area contributed by atoms with Crippen molar-refractivity contribution in [1.29, 1.82) is 0 Å². The van der Waals surface area contributed by atoms with Crippen molar-refractivity contribution in [3.8, 4) is 5.75 Å². The number of halogens is 1. The van der Waals surface area contributed by atoms with Crippen LogP contribution in [0.4, 0.5) is 4.39 Å². The minimum Gasteiger partial charge on any atom is -0.496 e. The number of ether oxygens (including phenoxy) is 1. The Morgan fingerprint density at radius 1 is 1.06 bits per heavy atom. The molecule has 1 N–H and O–H groups in total. The lowest BCUT2D eigenvalue weighted by Crippen LogP contribution is -2.29. The first kappa shape index (κ1) is 29.4. The van der Waals surface area contributed by atoms with Gasteiger partial charge in [0.05, 0.1) is 7.11 Å². The number of hydrogen-bond acceptors (Lipinski definition) is 4. The quantitative estimate of drug-likeness (QED) is 0.351. The van der Waals surface area contributed by atoms with Gasteiger partial charge in [-0.1, -0.05) is 78.8 Å². The molecule has 0 saturated heterocycles. The van der Waals surface area contributed by atoms with Crippen LogP contribution in [0.25, 0.3) is 6.08 Å². The maximum absolute atomic E-state index is 14.2. The van der Waals surface area contributed by atoms with E-state index in [4.69, 9.17) is 9.63 Å². The molecule has 5 nitrogen and oxygen atoms in total. The molecule has 0 aromatic heterocycles. The maximum Gasteiger partial charge on any atom is 0.698 e. The smallest absolute Gasteiger partial charge is 0.496 e. The summed E-state index contributed by atoms with van der Waals surface area (Å²) in [5.74, 6) is -3.37. The highest BCUT2D eigenvalue weighted by atomic mass is 31.1. The molecule has 0 saturated carbocycles. The molecule has 2 atom stereocenters. The van der Waals surface area contributed by atoms with Crippen molar-refractivity contribution in [2.24, 2.45) is 0 Å². The number of benzene rings is 1. The van der Waals surface area contributed by atoms with E-state index in [9.17, 15) is 13.8 Å². The van der Waals surface area contributed by atoms with Crippen LogP contribution < -0.4 is 4.74 Å². The standard InChI is InChI=1S/C20H28FO5P.C4H10/c1-18(2,3)14-11-13(17(25-8)15(12-14)19(4,5)6)9-10-16(22)20(7,21)26-27(23)24;1-3-4-2/h9-12H,1-8H3;3-4H2,1-2H3/p+1/b10-9+;. The van der Waals surface area contributed by atoms with Crippen molar-refractivity contribution in [2.45, 2.75) is 91.8 Å². The van der Waals surface area contributed by atoms with Crippen molar-refractivity contribution < 1.29 is 27.9 Å². The second-order valence-corrected chi connectivity index (χ2v) is 10.2. The molecule has 0 spiro atoms. The second-order valence-electron chi connectivity index (χ2n) is 9.59. The lowest BCUT2D eigenvalue weighted by molar-refractivity contribution is -0.143. The molecule has 0 aliphatic heterocycles. The van der Waals surface area contributed by atoms with Gasteiger partial charge < -0.3 is 4.74 Å². The predicted molar refractivity (Wildman–Crippen MR) is 125 cm³/mol. The van der Waals surface area contributed by atoms with Crippen LogP contribution in [0.3, 0.4) is 0 Å². The van der Waals surface area contributed by atoms with Crippen molar-refractivity contribution >= 4 is 20.1 Å². The molecule has 0 radical (unpaired) electrons. The average molecular weight is 458 g/mol. The Hall–Kier alpha value is -1.62. The van der Waals surface area contributed by atoms with E-state index in [1.807, 2.05) is 6.07 Å². The summed E-state index contributed by atoms with van der Waals surface area (Å²) in [4.78, 5) is 20.8. The molecule has 0 fully saturated rings. The molecule has 0 amide bonds. The van der Waals surface area contributed by atoms with E-state index >= 15 is 0 Å². The topological polar surface area (TPSA) is 72.8 Å². The van der Waals surface area contributed by atoms with Crippen LogP contribution in [-0.4, -0.2) is 23.6 Å². The zero-order valence-electron chi connectivity index (χ0n) is 20.6. The zero-order chi connectivity index (χ0) is 24.6. The number of methoxy groups -OCH3 is 1. The molecule has 0 aliphatic rings. The van der Waals surface area contributed by atoms with Gasteiger partial charge in [0.2, 0.25) is 5.78 Å². The third-order valence-corrected chi connectivity index (χ3v) is 5.10. The largest absolute Gasteiger partial charge is 0.698 e. The monoisotopic (exact) mass is 457 g/mol. The molecular formula is C24H39FO5P+. The van der Waals surface area contributed by atoms with E-state index < -0.39 is 19.9 Å². The number of carbonyl (C=O) groups excluding carboxylic acids is 1. The van der Waals surface area contributed by atoms with Crippen LogP contribution in [-0.2, 0) is 24.7 Å². The van der Waals surface area contributed by atoms with E-state index in [1.54, 1.807) is 7.11 Å². The van der Waals surface area contributed by atoms with Gasteiger partial charge in [0.15, 0.2) is 0 Å². The molecule has 0 bridgehead atoms. The molecule has 0 aliphatic carbocycles. The van der Waals surface area contributed by atoms with Crippen molar-refractivity contribution in [3.63, 3.8) is 0 Å². The van der Waals surface area contributed by atoms with E-state index in [0.29, 0.717) is 11.3 Å². The van der Waals surface area contributed by atoms with Gasteiger partial charge in [-0.15, -0.1) is 4.89 Å². The van der Waals surface area contributed by atoms with Crippen molar-refractivity contribution in [3.05, 3.63) is 34.9 Å². The Bertz CT molecular complexity index is 784. The third-order valence-electron chi connectivity index (χ3n) is 4.60. The summed E-state index contributed by atoms with van der Waals surface area (Å²) in [5.41, 5.74) is 2.26. The molecule has 7 heteroatoms. The van der Waals surface area contributed by atoms with Gasteiger partial charge >= 0.3 is 14.1 Å². The summed E-state index contributed by atoms with van der Waals surface area (Å²) in [5, 5.41) is 0. The SMILES string of the molecule is CCCC.COc1c(/C=C/C(=O)C(C)(F)O[P+](=O)O)cc(C(C)(C)C)cc1C(C)(C)C. The highest BCUT2D eigenvalue weighted by Crippen LogP contribution is 2.39. The van der Waals surface area contributed by atoms with Crippen LogP contribution in [0, 0.1) is 0 Å². The number of unbranched alkanes of at least 4 members (excludes halogenated alkanes) is 1. The molecule has 1 aromatic rings. The minimum absolute atomic E-state index is 0.147. The van der Waals surface area contributed by atoms with E-state index in [2.05, 4.69) is 66.0 Å². The van der Waals surface area contributed by atoms with Gasteiger partial charge in [0.1, 0.15) is 5.75 Å². The van der Waals surface area contributed by atoms with E-state index in [-0.39, 0.29) is 10.8 Å². The summed E-state index contributed by atoms with van der Waals surface area (Å²) in [6.45, 7) is 17.5. The van der Waals surface area contributed by atoms with Crippen LogP contribution in [0.5, 0.6) is 5.75 Å². The zero-order valence-corrected chi connectivity index (χ0v) is 21.5. The molecule has 1 aromatic carbocycles. The molecule has 176 valence electrons. The first-order valence-electron chi connectivity index (χ1n) is 10.5. The Balaban J connectivity index is 0.00000206. The molecule has 0 heterocycles. The van der Waals surface area contributed by atoms with Crippen LogP contribution in [0.1, 0.15) is 91.8 Å². The molecule has 2 unspecified atom stereocenters. The van der Waals surface area contributed by atoms with Crippen molar-refractivity contribution in [2.75, 3.05) is 7.11 Å². The fourth-order valence-corrected chi connectivity index (χ4v) is 2.88. The number of hydrogen-bond donors (Lipinski definition) is 1. The van der Waals surface area contributed by atoms with Gasteiger partial charge in [0, 0.05) is 22.6 Å². The average Bonchev–Trinajstić information content (AvgIpc) is 2.62. The van der Waals surface area contributed by atoms with Crippen LogP contribution in [0.2, 0.25) is 0 Å². The van der Waals surface area contributed by atoms with Gasteiger partial charge in [-0.2, -0.15) is 4.39 Å². The van der Waals surface area contributed by atoms with Crippen LogP contribution in [0.15, 0.2) is 18.2 Å². The van der Waals surface area contributed by atoms with Crippen molar-refractivity contribution in [1.82, 2.24) is 0 Å². The molecule has 31 heavy (non-hydrogen) atoms. The fraction of sp³-hybridized carbons (Fsp3) is 0.625. The van der Waals surface area contributed by atoms with Gasteiger partial charge in [-0.3, -0.25) is 4.79 Å². The van der Waals surface area contributed by atoms with E-state index in [0.717, 1.165) is 24.1 Å². The minimum atomic E-state index is -3.24. The number of alkyl halides is 1. The predicted octanol–water partition coefficient (Wildman–Crippen LogP) is 7.03.